The summed E-state index contributed by atoms with van der Waals surface area (Å²) >= 11 is 0. The Hall–Kier alpha value is -3.61. The number of hydrogen-bond acceptors (Lipinski definition) is 4. The Morgan fingerprint density at radius 1 is 1.13 bits per heavy atom. The van der Waals surface area contributed by atoms with Crippen molar-refractivity contribution in [1.29, 1.82) is 0 Å². The Bertz CT molecular complexity index is 1020. The summed E-state index contributed by atoms with van der Waals surface area (Å²) in [7, 11) is 5.11. The van der Waals surface area contributed by atoms with Gasteiger partial charge in [-0.05, 0) is 42.7 Å². The second kappa shape index (κ2) is 10.4. The molecule has 2 heterocycles. The molecule has 0 saturated heterocycles. The first kappa shape index (κ1) is 22.1. The van der Waals surface area contributed by atoms with Gasteiger partial charge in [-0.1, -0.05) is 30.3 Å². The normalized spacial score (nSPS) is 11.6. The van der Waals surface area contributed by atoms with Gasteiger partial charge in [0.25, 0.3) is 11.8 Å². The maximum Gasteiger partial charge on any atom is 0.267 e. The zero-order valence-corrected chi connectivity index (χ0v) is 18.1. The van der Waals surface area contributed by atoms with Gasteiger partial charge in [-0.2, -0.15) is 0 Å². The van der Waals surface area contributed by atoms with E-state index in [9.17, 15) is 9.59 Å². The van der Waals surface area contributed by atoms with Crippen molar-refractivity contribution in [2.45, 2.75) is 18.9 Å². The molecule has 2 amide bonds. The Labute approximate surface area is 182 Å². The topological polar surface area (TPSA) is 76.5 Å². The lowest BCUT2D eigenvalue weighted by molar-refractivity contribution is 0.0718. The van der Waals surface area contributed by atoms with Crippen molar-refractivity contribution in [3.63, 3.8) is 0 Å². The number of benzene rings is 1. The summed E-state index contributed by atoms with van der Waals surface area (Å²) in [5.41, 5.74) is 2.14. The highest BCUT2D eigenvalue weighted by atomic mass is 16.5. The molecule has 0 aliphatic heterocycles. The highest BCUT2D eigenvalue weighted by molar-refractivity contribution is 5.96. The number of aromatic nitrogens is 2. The Kier molecular flexibility index (Phi) is 7.43. The smallest absolute Gasteiger partial charge is 0.267 e. The van der Waals surface area contributed by atoms with E-state index in [0.29, 0.717) is 36.5 Å². The van der Waals surface area contributed by atoms with E-state index in [0.717, 1.165) is 5.56 Å². The quantitative estimate of drug-likeness (QED) is 0.578. The number of likely N-dealkylation sites (N-methyl/N-ethyl adjacent to an activating group) is 1. The van der Waals surface area contributed by atoms with Gasteiger partial charge in [0.1, 0.15) is 11.3 Å². The molecule has 0 saturated carbocycles. The minimum Gasteiger partial charge on any atom is -0.480 e. The first-order valence-electron chi connectivity index (χ1n) is 10.2. The van der Waals surface area contributed by atoms with Crippen molar-refractivity contribution >= 4 is 11.8 Å². The number of ether oxygens (including phenoxy) is 1. The van der Waals surface area contributed by atoms with Crippen LogP contribution in [0.25, 0.3) is 0 Å². The van der Waals surface area contributed by atoms with Crippen LogP contribution in [0.15, 0.2) is 67.0 Å². The van der Waals surface area contributed by atoms with Crippen molar-refractivity contribution in [3.05, 3.63) is 83.8 Å². The van der Waals surface area contributed by atoms with Crippen LogP contribution in [0.4, 0.5) is 0 Å². The van der Waals surface area contributed by atoms with Gasteiger partial charge in [0.2, 0.25) is 5.88 Å². The Morgan fingerprint density at radius 3 is 2.58 bits per heavy atom. The summed E-state index contributed by atoms with van der Waals surface area (Å²) < 4.78 is 7.04. The van der Waals surface area contributed by atoms with Crippen LogP contribution in [-0.4, -0.2) is 53.0 Å². The number of carbonyl (C=O) groups is 2. The van der Waals surface area contributed by atoms with E-state index in [4.69, 9.17) is 4.74 Å². The molecule has 3 rings (SSSR count). The van der Waals surface area contributed by atoms with Crippen molar-refractivity contribution in [2.75, 3.05) is 20.7 Å². The minimum absolute atomic E-state index is 0.117. The first-order valence-corrected chi connectivity index (χ1v) is 10.2. The van der Waals surface area contributed by atoms with E-state index < -0.39 is 0 Å². The molecule has 31 heavy (non-hydrogen) atoms. The molecule has 1 N–H and O–H groups in total. The predicted molar refractivity (Wildman–Crippen MR) is 119 cm³/mol. The van der Waals surface area contributed by atoms with E-state index in [1.54, 1.807) is 40.9 Å². The largest absolute Gasteiger partial charge is 0.480 e. The van der Waals surface area contributed by atoms with Crippen molar-refractivity contribution < 1.29 is 14.3 Å². The standard InChI is InChI=1S/C24H28N4O3/c1-27-16-8-12-21(27)22(29)25-15-13-19(17-18-9-5-4-6-10-18)28(2)24(30)20-11-7-14-26-23(20)31-3/h4-12,14,16,19H,13,15,17H2,1-3H3,(H,25,29)/t19-/m1/s1. The Balaban J connectivity index is 1.73. The lowest BCUT2D eigenvalue weighted by atomic mass is 10.0. The highest BCUT2D eigenvalue weighted by Gasteiger charge is 2.24. The fourth-order valence-electron chi connectivity index (χ4n) is 3.53. The number of pyridine rings is 1. The van der Waals surface area contributed by atoms with E-state index in [1.807, 2.05) is 49.6 Å². The third kappa shape index (κ3) is 5.51. The predicted octanol–water partition coefficient (Wildman–Crippen LogP) is 2.93. The number of amides is 2. The summed E-state index contributed by atoms with van der Waals surface area (Å²) in [6.07, 6.45) is 4.71. The van der Waals surface area contributed by atoms with E-state index in [2.05, 4.69) is 10.3 Å². The molecule has 0 bridgehead atoms. The van der Waals surface area contributed by atoms with Crippen LogP contribution in [0, 0.1) is 0 Å². The van der Waals surface area contributed by atoms with Crippen molar-refractivity contribution in [1.82, 2.24) is 19.8 Å². The minimum atomic E-state index is -0.167. The molecule has 1 atom stereocenters. The molecule has 7 heteroatoms. The van der Waals surface area contributed by atoms with Gasteiger partial charge < -0.3 is 19.5 Å². The first-order chi connectivity index (χ1) is 15.0. The van der Waals surface area contributed by atoms with Gasteiger partial charge >= 0.3 is 0 Å². The second-order valence-electron chi connectivity index (χ2n) is 7.37. The highest BCUT2D eigenvalue weighted by Crippen LogP contribution is 2.19. The average Bonchev–Trinajstić information content (AvgIpc) is 3.24. The zero-order chi connectivity index (χ0) is 22.2. The van der Waals surface area contributed by atoms with Gasteiger partial charge in [0, 0.05) is 39.1 Å². The van der Waals surface area contributed by atoms with Crippen LogP contribution in [0.3, 0.4) is 0 Å². The lowest BCUT2D eigenvalue weighted by Gasteiger charge is -2.29. The summed E-state index contributed by atoms with van der Waals surface area (Å²) in [4.78, 5) is 31.5. The van der Waals surface area contributed by atoms with Gasteiger partial charge in [0.15, 0.2) is 0 Å². The van der Waals surface area contributed by atoms with E-state index >= 15 is 0 Å². The zero-order valence-electron chi connectivity index (χ0n) is 18.1. The molecule has 162 valence electrons. The molecule has 7 nitrogen and oxygen atoms in total. The number of nitrogens with zero attached hydrogens (tertiary/aromatic N) is 3. The van der Waals surface area contributed by atoms with Gasteiger partial charge in [0.05, 0.1) is 7.11 Å². The molecule has 0 unspecified atom stereocenters. The summed E-state index contributed by atoms with van der Waals surface area (Å²) in [5, 5.41) is 2.96. The van der Waals surface area contributed by atoms with Crippen LogP contribution in [0.2, 0.25) is 0 Å². The van der Waals surface area contributed by atoms with Gasteiger partial charge in [-0.25, -0.2) is 4.98 Å². The summed E-state index contributed by atoms with van der Waals surface area (Å²) in [5.74, 6) is 0.00309. The maximum atomic E-state index is 13.2. The second-order valence-corrected chi connectivity index (χ2v) is 7.37. The van der Waals surface area contributed by atoms with Crippen LogP contribution >= 0.6 is 0 Å². The SMILES string of the molecule is COc1ncccc1C(=O)N(C)[C@H](CCNC(=O)c1cccn1C)Cc1ccccc1. The number of methoxy groups -OCH3 is 1. The number of hydrogen-bond donors (Lipinski definition) is 1. The molecular formula is C24H28N4O3. The number of rotatable bonds is 9. The van der Waals surface area contributed by atoms with Crippen molar-refractivity contribution in [2.24, 2.45) is 7.05 Å². The molecule has 0 aliphatic rings. The molecule has 3 aromatic rings. The average molecular weight is 421 g/mol. The van der Waals surface area contributed by atoms with Crippen LogP contribution < -0.4 is 10.1 Å². The van der Waals surface area contributed by atoms with E-state index in [-0.39, 0.29) is 17.9 Å². The summed E-state index contributed by atoms with van der Waals surface area (Å²) in [6, 6.07) is 16.9. The van der Waals surface area contributed by atoms with E-state index in [1.165, 1.54) is 7.11 Å². The lowest BCUT2D eigenvalue weighted by Crippen LogP contribution is -2.41. The van der Waals surface area contributed by atoms with Crippen LogP contribution in [0.1, 0.15) is 32.8 Å². The molecule has 0 fully saturated rings. The van der Waals surface area contributed by atoms with Crippen molar-refractivity contribution in [3.8, 4) is 5.88 Å². The number of nitrogens with one attached hydrogen (secondary N) is 1. The maximum absolute atomic E-state index is 13.2. The number of carbonyl (C=O) groups excluding carboxylic acids is 2. The molecule has 0 radical (unpaired) electrons. The monoisotopic (exact) mass is 420 g/mol. The number of aryl methyl sites for hydroxylation is 1. The van der Waals surface area contributed by atoms with Crippen LogP contribution in [-0.2, 0) is 13.5 Å². The molecular weight excluding hydrogens is 392 g/mol. The molecule has 2 aromatic heterocycles. The molecule has 0 aliphatic carbocycles. The summed E-state index contributed by atoms with van der Waals surface area (Å²) in [6.45, 7) is 0.448. The Morgan fingerprint density at radius 2 is 1.90 bits per heavy atom. The fourth-order valence-corrected chi connectivity index (χ4v) is 3.53. The third-order valence-corrected chi connectivity index (χ3v) is 5.32. The molecule has 0 spiro atoms. The van der Waals surface area contributed by atoms with Gasteiger partial charge in [-0.15, -0.1) is 0 Å². The third-order valence-electron chi connectivity index (χ3n) is 5.32. The molecule has 1 aromatic carbocycles. The van der Waals surface area contributed by atoms with Gasteiger partial charge in [-0.3, -0.25) is 9.59 Å². The fraction of sp³-hybridized carbons (Fsp3) is 0.292. The van der Waals surface area contributed by atoms with Crippen LogP contribution in [0.5, 0.6) is 5.88 Å².